The highest BCUT2D eigenvalue weighted by molar-refractivity contribution is 7.99. The molecular weight excluding hydrogens is 132 g/mol. The van der Waals surface area contributed by atoms with E-state index in [0.717, 1.165) is 6.61 Å². The number of hydrogen-bond donors (Lipinski definition) is 0. The van der Waals surface area contributed by atoms with Crippen LogP contribution in [0.25, 0.3) is 0 Å². The van der Waals surface area contributed by atoms with E-state index in [-0.39, 0.29) is 0 Å². The minimum Gasteiger partial charge on any atom is -0.363 e. The lowest BCUT2D eigenvalue weighted by Crippen LogP contribution is -2.13. The Kier molecular flexibility index (Phi) is 3.15. The summed E-state index contributed by atoms with van der Waals surface area (Å²) in [4.78, 5) is 0. The van der Waals surface area contributed by atoms with Crippen LogP contribution >= 0.6 is 11.8 Å². The molecule has 1 atom stereocenters. The van der Waals surface area contributed by atoms with Gasteiger partial charge in [-0.15, -0.1) is 11.8 Å². The summed E-state index contributed by atoms with van der Waals surface area (Å²) in [5.41, 5.74) is 0.337. The van der Waals surface area contributed by atoms with Gasteiger partial charge in [-0.05, 0) is 19.1 Å². The van der Waals surface area contributed by atoms with Crippen LogP contribution in [0.15, 0.2) is 12.2 Å². The van der Waals surface area contributed by atoms with E-state index in [0.29, 0.717) is 5.44 Å². The standard InChI is InChI=1S/C7H12OS/c1-2-4-7-8-5-3-6-9-7/h2,4,7H,3,5-6H2,1H3/b4-2+. The predicted molar refractivity (Wildman–Crippen MR) is 41.6 cm³/mol. The van der Waals surface area contributed by atoms with Crippen molar-refractivity contribution < 1.29 is 4.74 Å². The predicted octanol–water partition coefficient (Wildman–Crippen LogP) is 2.04. The molecule has 9 heavy (non-hydrogen) atoms. The number of rotatable bonds is 1. The fourth-order valence-corrected chi connectivity index (χ4v) is 1.75. The molecule has 0 aromatic carbocycles. The van der Waals surface area contributed by atoms with Gasteiger partial charge in [0.2, 0.25) is 0 Å². The Hall–Kier alpha value is 0.0500. The number of hydrogen-bond acceptors (Lipinski definition) is 2. The first-order chi connectivity index (χ1) is 4.43. The second kappa shape index (κ2) is 3.96. The van der Waals surface area contributed by atoms with Gasteiger partial charge in [0.25, 0.3) is 0 Å². The van der Waals surface area contributed by atoms with E-state index < -0.39 is 0 Å². The van der Waals surface area contributed by atoms with E-state index in [1.807, 2.05) is 24.8 Å². The van der Waals surface area contributed by atoms with Crippen LogP contribution in [-0.2, 0) is 4.74 Å². The van der Waals surface area contributed by atoms with Gasteiger partial charge >= 0.3 is 0 Å². The zero-order valence-electron chi connectivity index (χ0n) is 5.67. The summed E-state index contributed by atoms with van der Waals surface area (Å²) < 4.78 is 5.39. The Morgan fingerprint density at radius 3 is 3.11 bits per heavy atom. The van der Waals surface area contributed by atoms with Gasteiger partial charge in [0, 0.05) is 6.61 Å². The molecule has 2 heteroatoms. The van der Waals surface area contributed by atoms with Gasteiger partial charge in [0.15, 0.2) is 0 Å². The lowest BCUT2D eigenvalue weighted by Gasteiger charge is -2.18. The molecule has 1 unspecified atom stereocenters. The van der Waals surface area contributed by atoms with E-state index in [1.54, 1.807) is 0 Å². The molecule has 0 spiro atoms. The second-order valence-electron chi connectivity index (χ2n) is 1.99. The molecule has 1 saturated heterocycles. The third kappa shape index (κ3) is 2.41. The average molecular weight is 144 g/mol. The van der Waals surface area contributed by atoms with Crippen molar-refractivity contribution in [2.75, 3.05) is 12.4 Å². The van der Waals surface area contributed by atoms with Gasteiger partial charge in [0.1, 0.15) is 5.44 Å². The van der Waals surface area contributed by atoms with Gasteiger partial charge < -0.3 is 4.74 Å². The highest BCUT2D eigenvalue weighted by atomic mass is 32.2. The molecule has 1 aliphatic heterocycles. The van der Waals surface area contributed by atoms with Crippen molar-refractivity contribution in [3.05, 3.63) is 12.2 Å². The second-order valence-corrected chi connectivity index (χ2v) is 3.20. The lowest BCUT2D eigenvalue weighted by molar-refractivity contribution is 0.133. The van der Waals surface area contributed by atoms with E-state index in [1.165, 1.54) is 12.2 Å². The van der Waals surface area contributed by atoms with Gasteiger partial charge in [0.05, 0.1) is 0 Å². The molecular formula is C7H12OS. The van der Waals surface area contributed by atoms with Crippen LogP contribution in [0.3, 0.4) is 0 Å². The van der Waals surface area contributed by atoms with Crippen molar-refractivity contribution >= 4 is 11.8 Å². The Morgan fingerprint density at radius 2 is 2.56 bits per heavy atom. The summed E-state index contributed by atoms with van der Waals surface area (Å²) in [5, 5.41) is 0. The summed E-state index contributed by atoms with van der Waals surface area (Å²) >= 11 is 1.88. The lowest BCUT2D eigenvalue weighted by atomic mass is 10.5. The van der Waals surface area contributed by atoms with E-state index in [9.17, 15) is 0 Å². The minimum absolute atomic E-state index is 0.337. The summed E-state index contributed by atoms with van der Waals surface area (Å²) in [6.07, 6.45) is 5.35. The highest BCUT2D eigenvalue weighted by Crippen LogP contribution is 2.19. The van der Waals surface area contributed by atoms with Gasteiger partial charge in [-0.3, -0.25) is 0 Å². The fourth-order valence-electron chi connectivity index (χ4n) is 0.774. The molecule has 0 radical (unpaired) electrons. The quantitative estimate of drug-likeness (QED) is 0.521. The minimum atomic E-state index is 0.337. The van der Waals surface area contributed by atoms with Crippen LogP contribution in [0.2, 0.25) is 0 Å². The summed E-state index contributed by atoms with van der Waals surface area (Å²) in [6.45, 7) is 2.96. The smallest absolute Gasteiger partial charge is 0.121 e. The maximum atomic E-state index is 5.39. The van der Waals surface area contributed by atoms with Gasteiger partial charge in [-0.2, -0.15) is 0 Å². The Labute approximate surface area is 60.5 Å². The molecule has 0 aromatic rings. The molecule has 1 fully saturated rings. The molecule has 1 aliphatic rings. The van der Waals surface area contributed by atoms with Crippen LogP contribution in [-0.4, -0.2) is 17.8 Å². The Balaban J connectivity index is 2.23. The first-order valence-electron chi connectivity index (χ1n) is 3.29. The third-order valence-electron chi connectivity index (χ3n) is 1.20. The molecule has 0 bridgehead atoms. The zero-order valence-corrected chi connectivity index (χ0v) is 6.49. The van der Waals surface area contributed by atoms with Gasteiger partial charge in [-0.1, -0.05) is 12.2 Å². The monoisotopic (exact) mass is 144 g/mol. The Morgan fingerprint density at radius 1 is 1.67 bits per heavy atom. The third-order valence-corrected chi connectivity index (χ3v) is 2.35. The van der Waals surface area contributed by atoms with Crippen molar-refractivity contribution in [1.82, 2.24) is 0 Å². The van der Waals surface area contributed by atoms with Crippen molar-refractivity contribution in [3.8, 4) is 0 Å². The molecule has 0 N–H and O–H groups in total. The topological polar surface area (TPSA) is 9.23 Å². The summed E-state index contributed by atoms with van der Waals surface area (Å²) in [5.74, 6) is 1.25. The molecule has 1 heterocycles. The SMILES string of the molecule is C/C=C/C1OCCCS1. The maximum absolute atomic E-state index is 5.39. The van der Waals surface area contributed by atoms with Crippen molar-refractivity contribution in [3.63, 3.8) is 0 Å². The van der Waals surface area contributed by atoms with Crippen LogP contribution in [0.4, 0.5) is 0 Å². The van der Waals surface area contributed by atoms with Crippen LogP contribution in [0.5, 0.6) is 0 Å². The largest absolute Gasteiger partial charge is 0.363 e. The normalized spacial score (nSPS) is 29.2. The molecule has 1 nitrogen and oxygen atoms in total. The summed E-state index contributed by atoms with van der Waals surface area (Å²) in [7, 11) is 0. The fraction of sp³-hybridized carbons (Fsp3) is 0.714. The number of thioether (sulfide) groups is 1. The van der Waals surface area contributed by atoms with E-state index in [2.05, 4.69) is 6.08 Å². The molecule has 0 aromatic heterocycles. The average Bonchev–Trinajstić information content (AvgIpc) is 1.91. The first kappa shape index (κ1) is 7.16. The van der Waals surface area contributed by atoms with E-state index >= 15 is 0 Å². The van der Waals surface area contributed by atoms with Crippen molar-refractivity contribution in [2.45, 2.75) is 18.8 Å². The number of ether oxygens (including phenoxy) is 1. The van der Waals surface area contributed by atoms with Crippen LogP contribution in [0.1, 0.15) is 13.3 Å². The van der Waals surface area contributed by atoms with E-state index in [4.69, 9.17) is 4.74 Å². The van der Waals surface area contributed by atoms with Gasteiger partial charge in [-0.25, -0.2) is 0 Å². The molecule has 1 rings (SSSR count). The number of allylic oxidation sites excluding steroid dienone is 1. The molecule has 0 amide bonds. The van der Waals surface area contributed by atoms with Crippen LogP contribution in [0, 0.1) is 0 Å². The van der Waals surface area contributed by atoms with Crippen molar-refractivity contribution in [1.29, 1.82) is 0 Å². The molecule has 0 aliphatic carbocycles. The Bertz CT molecular complexity index is 95.1. The maximum Gasteiger partial charge on any atom is 0.121 e. The van der Waals surface area contributed by atoms with Crippen molar-refractivity contribution in [2.24, 2.45) is 0 Å². The molecule has 52 valence electrons. The first-order valence-corrected chi connectivity index (χ1v) is 4.34. The zero-order chi connectivity index (χ0) is 6.53. The van der Waals surface area contributed by atoms with Crippen LogP contribution < -0.4 is 0 Å². The highest BCUT2D eigenvalue weighted by Gasteiger charge is 2.08. The molecule has 0 saturated carbocycles. The summed E-state index contributed by atoms with van der Waals surface area (Å²) in [6, 6.07) is 0.